The molecule has 0 spiro atoms. The van der Waals surface area contributed by atoms with Crippen molar-refractivity contribution in [2.75, 3.05) is 13.1 Å². The minimum absolute atomic E-state index is 0.00725. The second kappa shape index (κ2) is 18.1. The van der Waals surface area contributed by atoms with Gasteiger partial charge in [-0.05, 0) is 53.5 Å². The number of rotatable bonds is 16. The number of unbranched alkanes of at least 4 members (excludes halogenated alkanes) is 1. The fraction of sp³-hybridized carbons (Fsp3) is 0.436. The van der Waals surface area contributed by atoms with Crippen LogP contribution in [0.1, 0.15) is 92.4 Å². The van der Waals surface area contributed by atoms with Crippen molar-refractivity contribution in [2.45, 2.75) is 95.5 Å². The zero-order chi connectivity index (χ0) is 33.7. The third kappa shape index (κ3) is 9.84. The van der Waals surface area contributed by atoms with Crippen molar-refractivity contribution in [2.24, 2.45) is 0 Å². The molecule has 3 unspecified atom stereocenters. The number of aliphatic hydroxyl groups is 1. The van der Waals surface area contributed by atoms with Crippen molar-refractivity contribution < 1.29 is 29.4 Å². The Hall–Kier alpha value is -3.86. The van der Waals surface area contributed by atoms with E-state index in [1.165, 1.54) is 25.7 Å². The molecule has 3 aromatic rings. The highest BCUT2D eigenvalue weighted by Crippen LogP contribution is 2.39. The average Bonchev–Trinajstić information content (AvgIpc) is 3.68. The molecular weight excluding hydrogens is 606 g/mol. The summed E-state index contributed by atoms with van der Waals surface area (Å²) in [5.41, 5.74) is 7.57. The van der Waals surface area contributed by atoms with Gasteiger partial charge in [0.1, 0.15) is 0 Å². The molecule has 9 heteroatoms. The van der Waals surface area contributed by atoms with Crippen LogP contribution in [0.25, 0.3) is 11.1 Å². The van der Waals surface area contributed by atoms with E-state index in [1.54, 1.807) is 5.48 Å². The number of carbonyl (C=O) groups excluding carboxylic acids is 2. The summed E-state index contributed by atoms with van der Waals surface area (Å²) in [5.74, 6) is -0.523. The van der Waals surface area contributed by atoms with Crippen LogP contribution in [0.4, 0.5) is 0 Å². The molecule has 1 aliphatic carbocycles. The molecule has 0 radical (unpaired) electrons. The fourth-order valence-electron chi connectivity index (χ4n) is 6.79. The predicted octanol–water partition coefficient (Wildman–Crippen LogP) is 6.50. The van der Waals surface area contributed by atoms with Gasteiger partial charge in [-0.15, -0.1) is 6.58 Å². The number of carbonyl (C=O) groups is 2. The summed E-state index contributed by atoms with van der Waals surface area (Å²) in [6, 6.07) is 24.8. The topological polar surface area (TPSA) is 120 Å². The van der Waals surface area contributed by atoms with Crippen LogP contribution in [0.2, 0.25) is 0 Å². The molecule has 1 aliphatic heterocycles. The van der Waals surface area contributed by atoms with Crippen molar-refractivity contribution in [3.8, 4) is 11.1 Å². The van der Waals surface area contributed by atoms with E-state index in [1.807, 2.05) is 48.5 Å². The third-order valence-electron chi connectivity index (χ3n) is 9.43. The fourth-order valence-corrected chi connectivity index (χ4v) is 6.79. The van der Waals surface area contributed by atoms with Gasteiger partial charge in [0.25, 0.3) is 0 Å². The third-order valence-corrected chi connectivity index (χ3v) is 9.43. The summed E-state index contributed by atoms with van der Waals surface area (Å²) in [5, 5.41) is 21.2. The average molecular weight is 656 g/mol. The normalized spacial score (nSPS) is 19.7. The highest BCUT2D eigenvalue weighted by atomic mass is 16.7. The monoisotopic (exact) mass is 655 g/mol. The van der Waals surface area contributed by atoms with Gasteiger partial charge < -0.3 is 19.9 Å². The van der Waals surface area contributed by atoms with Crippen molar-refractivity contribution in [1.82, 2.24) is 15.7 Å². The number of benzene rings is 3. The minimum Gasteiger partial charge on any atom is -0.392 e. The SMILES string of the molecule is C=CCN(CC1CC(c2ccc(CO)cc2)OC(c2ccc(-c3ccccc3CNC(=O)CCCCC(=O)NO)cc2)O1)C1CCCC1. The number of hydroxylamine groups is 1. The second-order valence-electron chi connectivity index (χ2n) is 12.8. The van der Waals surface area contributed by atoms with E-state index in [2.05, 4.69) is 47.1 Å². The first kappa shape index (κ1) is 35.4. The second-order valence-corrected chi connectivity index (χ2v) is 12.8. The Morgan fingerprint density at radius 1 is 0.896 bits per heavy atom. The van der Waals surface area contributed by atoms with E-state index in [9.17, 15) is 14.7 Å². The highest BCUT2D eigenvalue weighted by Gasteiger charge is 2.34. The molecule has 0 bridgehead atoms. The zero-order valence-corrected chi connectivity index (χ0v) is 27.7. The van der Waals surface area contributed by atoms with Crippen LogP contribution < -0.4 is 10.8 Å². The van der Waals surface area contributed by atoms with Gasteiger partial charge >= 0.3 is 0 Å². The quantitative estimate of drug-likeness (QED) is 0.0602. The van der Waals surface area contributed by atoms with Crippen LogP contribution in [-0.2, 0) is 32.2 Å². The van der Waals surface area contributed by atoms with Crippen LogP contribution >= 0.6 is 0 Å². The van der Waals surface area contributed by atoms with E-state index in [0.29, 0.717) is 31.8 Å². The van der Waals surface area contributed by atoms with Gasteiger partial charge in [-0.1, -0.05) is 91.7 Å². The Bertz CT molecular complexity index is 1470. The molecule has 2 aliphatic rings. The van der Waals surface area contributed by atoms with Gasteiger partial charge in [0.15, 0.2) is 6.29 Å². The van der Waals surface area contributed by atoms with Gasteiger partial charge in [-0.25, -0.2) is 5.48 Å². The first-order valence-corrected chi connectivity index (χ1v) is 17.2. The lowest BCUT2D eigenvalue weighted by molar-refractivity contribution is -0.253. The van der Waals surface area contributed by atoms with E-state index in [0.717, 1.165) is 52.9 Å². The summed E-state index contributed by atoms with van der Waals surface area (Å²) < 4.78 is 13.3. The summed E-state index contributed by atoms with van der Waals surface area (Å²) in [7, 11) is 0. The minimum atomic E-state index is -0.535. The molecule has 9 nitrogen and oxygen atoms in total. The number of ether oxygens (including phenoxy) is 2. The Morgan fingerprint density at radius 3 is 2.27 bits per heavy atom. The van der Waals surface area contributed by atoms with Crippen molar-refractivity contribution in [3.63, 3.8) is 0 Å². The number of hydrogen-bond donors (Lipinski definition) is 4. The molecule has 5 rings (SSSR count). The van der Waals surface area contributed by atoms with E-state index in [-0.39, 0.29) is 31.1 Å². The van der Waals surface area contributed by atoms with Crippen LogP contribution in [0.15, 0.2) is 85.5 Å². The number of nitrogens with one attached hydrogen (secondary N) is 2. The number of hydrogen-bond acceptors (Lipinski definition) is 7. The van der Waals surface area contributed by atoms with Crippen LogP contribution in [0.5, 0.6) is 0 Å². The maximum Gasteiger partial charge on any atom is 0.243 e. The highest BCUT2D eigenvalue weighted by molar-refractivity contribution is 5.77. The van der Waals surface area contributed by atoms with Crippen molar-refractivity contribution in [1.29, 1.82) is 0 Å². The van der Waals surface area contributed by atoms with Crippen LogP contribution in [0.3, 0.4) is 0 Å². The van der Waals surface area contributed by atoms with Crippen LogP contribution in [-0.4, -0.2) is 52.3 Å². The van der Waals surface area contributed by atoms with Gasteiger partial charge in [0.2, 0.25) is 11.8 Å². The molecule has 0 aromatic heterocycles. The first-order valence-electron chi connectivity index (χ1n) is 17.2. The molecule has 3 aromatic carbocycles. The Morgan fingerprint density at radius 2 is 1.58 bits per heavy atom. The largest absolute Gasteiger partial charge is 0.392 e. The Labute approximate surface area is 283 Å². The molecule has 2 fully saturated rings. The van der Waals surface area contributed by atoms with E-state index < -0.39 is 12.2 Å². The zero-order valence-electron chi connectivity index (χ0n) is 27.7. The predicted molar refractivity (Wildman–Crippen MR) is 185 cm³/mol. The van der Waals surface area contributed by atoms with E-state index in [4.69, 9.17) is 14.7 Å². The summed E-state index contributed by atoms with van der Waals surface area (Å²) in [4.78, 5) is 26.2. The lowest BCUT2D eigenvalue weighted by atomic mass is 9.97. The molecule has 1 saturated carbocycles. The molecular formula is C39H49N3O6. The number of nitrogens with zero attached hydrogens (tertiary/aromatic N) is 1. The molecule has 1 heterocycles. The van der Waals surface area contributed by atoms with E-state index >= 15 is 0 Å². The Kier molecular flexibility index (Phi) is 13.3. The summed E-state index contributed by atoms with van der Waals surface area (Å²) >= 11 is 0. The lowest BCUT2D eigenvalue weighted by Gasteiger charge is -2.39. The maximum atomic E-state index is 12.5. The summed E-state index contributed by atoms with van der Waals surface area (Å²) in [6.45, 7) is 6.07. The summed E-state index contributed by atoms with van der Waals surface area (Å²) in [6.07, 6.45) is 8.59. The van der Waals surface area contributed by atoms with Crippen molar-refractivity contribution in [3.05, 3.63) is 108 Å². The van der Waals surface area contributed by atoms with Gasteiger partial charge in [-0.3, -0.25) is 19.7 Å². The van der Waals surface area contributed by atoms with Gasteiger partial charge in [0.05, 0.1) is 18.8 Å². The maximum absolute atomic E-state index is 12.5. The standard InChI is InChI=1S/C39H49N3O6/c1-2-23-42(33-10-4-5-11-33)26-34-24-36(30-17-15-28(27-43)16-18-30)48-39(47-34)31-21-19-29(20-22-31)35-12-6-3-9-32(35)25-40-37(44)13-7-8-14-38(45)41-46/h2-3,6,9,12,15-22,33-34,36,39,43,46H,1,4-5,7-8,10-11,13-14,23-27H2,(H,40,44)(H,41,45). The van der Waals surface area contributed by atoms with Gasteiger partial charge in [-0.2, -0.15) is 0 Å². The molecule has 48 heavy (non-hydrogen) atoms. The van der Waals surface area contributed by atoms with Crippen molar-refractivity contribution >= 4 is 11.8 Å². The number of aliphatic hydroxyl groups excluding tert-OH is 1. The Balaban J connectivity index is 1.28. The first-order chi connectivity index (χ1) is 23.5. The van der Waals surface area contributed by atoms with Crippen LogP contribution in [0, 0.1) is 0 Å². The molecule has 1 saturated heterocycles. The lowest BCUT2D eigenvalue weighted by Crippen LogP contribution is -2.43. The molecule has 256 valence electrons. The molecule has 2 amide bonds. The molecule has 3 atom stereocenters. The number of amides is 2. The molecule has 4 N–H and O–H groups in total. The van der Waals surface area contributed by atoms with Gasteiger partial charge in [0, 0.05) is 50.5 Å². The smallest absolute Gasteiger partial charge is 0.243 e.